The molecule has 0 saturated heterocycles. The monoisotopic (exact) mass is 418 g/mol. The standard InChI is InChI=1S/C23H30O7/c1-4-27-19(24)11-16-12-23(21(25)28-5-2,22(26)29-6-3)13-18(16)20-17-10-8-7-9-15(17)14-30-20/h11,14,18H,4-10,12-13H2,1-3H3/b16-11+. The lowest BCUT2D eigenvalue weighted by Gasteiger charge is -2.24. The molecule has 1 fully saturated rings. The van der Waals surface area contributed by atoms with Crippen LogP contribution in [0.15, 0.2) is 22.3 Å². The van der Waals surface area contributed by atoms with Gasteiger partial charge < -0.3 is 18.6 Å². The molecular weight excluding hydrogens is 388 g/mol. The molecule has 1 atom stereocenters. The summed E-state index contributed by atoms with van der Waals surface area (Å²) in [4.78, 5) is 38.1. The molecule has 0 bridgehead atoms. The van der Waals surface area contributed by atoms with Gasteiger partial charge in [0.2, 0.25) is 0 Å². The van der Waals surface area contributed by atoms with E-state index in [2.05, 4.69) is 0 Å². The molecule has 1 unspecified atom stereocenters. The maximum atomic E-state index is 12.9. The summed E-state index contributed by atoms with van der Waals surface area (Å²) in [5, 5.41) is 0. The normalized spacial score (nSPS) is 21.2. The number of aryl methyl sites for hydroxylation is 1. The van der Waals surface area contributed by atoms with Gasteiger partial charge in [0.1, 0.15) is 5.76 Å². The summed E-state index contributed by atoms with van der Waals surface area (Å²) in [5.74, 6) is -1.40. The van der Waals surface area contributed by atoms with E-state index < -0.39 is 23.3 Å². The number of hydrogen-bond donors (Lipinski definition) is 0. The molecule has 7 heteroatoms. The maximum Gasteiger partial charge on any atom is 0.330 e. The van der Waals surface area contributed by atoms with Gasteiger partial charge in [-0.05, 0) is 70.4 Å². The van der Waals surface area contributed by atoms with Gasteiger partial charge in [-0.25, -0.2) is 4.79 Å². The molecule has 0 aliphatic heterocycles. The van der Waals surface area contributed by atoms with Gasteiger partial charge in [-0.1, -0.05) is 5.57 Å². The second-order valence-electron chi connectivity index (χ2n) is 7.74. The number of fused-ring (bicyclic) bond motifs is 1. The van der Waals surface area contributed by atoms with Crippen LogP contribution in [0, 0.1) is 5.41 Å². The molecule has 0 amide bonds. The number of esters is 3. The quantitative estimate of drug-likeness (QED) is 0.289. The zero-order valence-electron chi connectivity index (χ0n) is 18.0. The number of hydrogen-bond acceptors (Lipinski definition) is 7. The van der Waals surface area contributed by atoms with E-state index in [0.717, 1.165) is 42.6 Å². The van der Waals surface area contributed by atoms with Crippen LogP contribution in [0.25, 0.3) is 0 Å². The van der Waals surface area contributed by atoms with Gasteiger partial charge in [0.25, 0.3) is 0 Å². The highest BCUT2D eigenvalue weighted by atomic mass is 16.6. The Bertz CT molecular complexity index is 815. The molecule has 164 valence electrons. The summed E-state index contributed by atoms with van der Waals surface area (Å²) in [5.41, 5.74) is 1.43. The predicted molar refractivity (Wildman–Crippen MR) is 108 cm³/mol. The van der Waals surface area contributed by atoms with Crippen molar-refractivity contribution in [3.63, 3.8) is 0 Å². The van der Waals surface area contributed by atoms with Crippen LogP contribution >= 0.6 is 0 Å². The van der Waals surface area contributed by atoms with E-state index in [1.165, 1.54) is 6.08 Å². The van der Waals surface area contributed by atoms with Crippen LogP contribution in [0.5, 0.6) is 0 Å². The molecule has 1 saturated carbocycles. The third-order valence-electron chi connectivity index (χ3n) is 5.88. The first kappa shape index (κ1) is 22.1. The van der Waals surface area contributed by atoms with Gasteiger partial charge in [0.05, 0.1) is 26.1 Å². The summed E-state index contributed by atoms with van der Waals surface area (Å²) < 4.78 is 21.6. The summed E-state index contributed by atoms with van der Waals surface area (Å²) in [6.07, 6.45) is 7.35. The topological polar surface area (TPSA) is 92.0 Å². The van der Waals surface area contributed by atoms with Gasteiger partial charge in [-0.2, -0.15) is 0 Å². The molecule has 3 rings (SSSR count). The first-order valence-corrected chi connectivity index (χ1v) is 10.8. The lowest BCUT2D eigenvalue weighted by molar-refractivity contribution is -0.171. The Morgan fingerprint density at radius 2 is 1.67 bits per heavy atom. The van der Waals surface area contributed by atoms with E-state index in [-0.39, 0.29) is 38.6 Å². The van der Waals surface area contributed by atoms with Crippen LogP contribution < -0.4 is 0 Å². The second kappa shape index (κ2) is 9.49. The Kier molecular flexibility index (Phi) is 7.00. The first-order valence-electron chi connectivity index (χ1n) is 10.8. The molecule has 7 nitrogen and oxygen atoms in total. The molecule has 0 radical (unpaired) electrons. The third-order valence-corrected chi connectivity index (χ3v) is 5.88. The SMILES string of the molecule is CCOC(=O)/C=C1\CC(C(=O)OCC)(C(=O)OCC)CC1c1occ2c1CCCC2. The minimum Gasteiger partial charge on any atom is -0.468 e. The van der Waals surface area contributed by atoms with E-state index in [9.17, 15) is 14.4 Å². The average Bonchev–Trinajstić information content (AvgIpc) is 3.31. The van der Waals surface area contributed by atoms with Crippen molar-refractivity contribution >= 4 is 17.9 Å². The number of rotatable bonds is 7. The molecule has 0 spiro atoms. The largest absolute Gasteiger partial charge is 0.468 e. The minimum atomic E-state index is -1.50. The lowest BCUT2D eigenvalue weighted by atomic mass is 9.83. The maximum absolute atomic E-state index is 12.9. The summed E-state index contributed by atoms with van der Waals surface area (Å²) >= 11 is 0. The zero-order valence-corrected chi connectivity index (χ0v) is 18.0. The Balaban J connectivity index is 2.06. The van der Waals surface area contributed by atoms with Crippen molar-refractivity contribution in [2.45, 2.75) is 65.2 Å². The van der Waals surface area contributed by atoms with Crippen molar-refractivity contribution in [1.29, 1.82) is 0 Å². The second-order valence-corrected chi connectivity index (χ2v) is 7.74. The van der Waals surface area contributed by atoms with Crippen LogP contribution in [-0.4, -0.2) is 37.7 Å². The molecular formula is C23H30O7. The van der Waals surface area contributed by atoms with E-state index in [4.69, 9.17) is 18.6 Å². The van der Waals surface area contributed by atoms with Crippen molar-refractivity contribution < 1.29 is 33.0 Å². The highest BCUT2D eigenvalue weighted by molar-refractivity contribution is 6.01. The van der Waals surface area contributed by atoms with Gasteiger partial charge in [-0.3, -0.25) is 9.59 Å². The molecule has 2 aliphatic rings. The Hall–Kier alpha value is -2.57. The van der Waals surface area contributed by atoms with Crippen molar-refractivity contribution in [3.8, 4) is 0 Å². The van der Waals surface area contributed by atoms with Gasteiger partial charge in [-0.15, -0.1) is 0 Å². The van der Waals surface area contributed by atoms with Crippen molar-refractivity contribution in [3.05, 3.63) is 34.8 Å². The van der Waals surface area contributed by atoms with E-state index in [1.54, 1.807) is 27.0 Å². The predicted octanol–water partition coefficient (Wildman–Crippen LogP) is 3.64. The molecule has 1 aromatic rings. The highest BCUT2D eigenvalue weighted by Crippen LogP contribution is 2.53. The summed E-state index contributed by atoms with van der Waals surface area (Å²) in [6.45, 7) is 5.66. The van der Waals surface area contributed by atoms with Crippen LogP contribution in [0.1, 0.15) is 69.3 Å². The molecule has 1 aromatic heterocycles. The summed E-state index contributed by atoms with van der Waals surface area (Å²) in [6, 6.07) is 0. The Labute approximate surface area is 176 Å². The van der Waals surface area contributed by atoms with Gasteiger partial charge in [0.15, 0.2) is 5.41 Å². The number of ether oxygens (including phenoxy) is 3. The molecule has 0 N–H and O–H groups in total. The van der Waals surface area contributed by atoms with Crippen LogP contribution in [-0.2, 0) is 41.4 Å². The fourth-order valence-electron chi connectivity index (χ4n) is 4.54. The average molecular weight is 418 g/mol. The fraction of sp³-hybridized carbons (Fsp3) is 0.609. The number of furan rings is 1. The van der Waals surface area contributed by atoms with Crippen molar-refractivity contribution in [2.75, 3.05) is 19.8 Å². The van der Waals surface area contributed by atoms with Crippen LogP contribution in [0.3, 0.4) is 0 Å². The molecule has 2 aliphatic carbocycles. The Morgan fingerprint density at radius 1 is 1.03 bits per heavy atom. The number of carbonyl (C=O) groups excluding carboxylic acids is 3. The van der Waals surface area contributed by atoms with Crippen LogP contribution in [0.4, 0.5) is 0 Å². The highest BCUT2D eigenvalue weighted by Gasteiger charge is 2.57. The van der Waals surface area contributed by atoms with Crippen molar-refractivity contribution in [2.24, 2.45) is 5.41 Å². The van der Waals surface area contributed by atoms with Gasteiger partial charge in [0, 0.05) is 12.0 Å². The molecule has 1 heterocycles. The number of allylic oxidation sites excluding steroid dienone is 1. The zero-order chi connectivity index (χ0) is 21.7. The minimum absolute atomic E-state index is 0.0453. The first-order chi connectivity index (χ1) is 14.5. The lowest BCUT2D eigenvalue weighted by Crippen LogP contribution is -2.40. The Morgan fingerprint density at radius 3 is 2.30 bits per heavy atom. The van der Waals surface area contributed by atoms with Crippen LogP contribution in [0.2, 0.25) is 0 Å². The van der Waals surface area contributed by atoms with E-state index in [1.807, 2.05) is 0 Å². The van der Waals surface area contributed by atoms with E-state index in [0.29, 0.717) is 5.57 Å². The summed E-state index contributed by atoms with van der Waals surface area (Å²) in [7, 11) is 0. The third kappa shape index (κ3) is 4.16. The fourth-order valence-corrected chi connectivity index (χ4v) is 4.54. The smallest absolute Gasteiger partial charge is 0.330 e. The number of carbonyl (C=O) groups is 3. The van der Waals surface area contributed by atoms with E-state index >= 15 is 0 Å². The van der Waals surface area contributed by atoms with Crippen molar-refractivity contribution in [1.82, 2.24) is 0 Å². The molecule has 30 heavy (non-hydrogen) atoms. The van der Waals surface area contributed by atoms with Gasteiger partial charge >= 0.3 is 17.9 Å². The molecule has 0 aromatic carbocycles.